The lowest BCUT2D eigenvalue weighted by molar-refractivity contribution is -0.128. The van der Waals surface area contributed by atoms with Crippen LogP contribution in [0.25, 0.3) is 11.1 Å². The highest BCUT2D eigenvalue weighted by Gasteiger charge is 2.33. The molecule has 0 spiro atoms. The van der Waals surface area contributed by atoms with Gasteiger partial charge in [0.1, 0.15) is 12.6 Å². The number of ether oxygens (including phenoxy) is 1. The topological polar surface area (TPSA) is 134 Å². The van der Waals surface area contributed by atoms with Gasteiger partial charge in [0, 0.05) is 29.8 Å². The monoisotopic (exact) mass is 682 g/mol. The van der Waals surface area contributed by atoms with E-state index in [1.165, 1.54) is 0 Å². The van der Waals surface area contributed by atoms with Crippen LogP contribution in [0.3, 0.4) is 0 Å². The lowest BCUT2D eigenvalue weighted by atomic mass is 9.99. The van der Waals surface area contributed by atoms with Crippen LogP contribution < -0.4 is 20.3 Å². The Bertz CT molecular complexity index is 1900. The third-order valence-electron chi connectivity index (χ3n) is 8.26. The van der Waals surface area contributed by atoms with E-state index in [0.717, 1.165) is 27.9 Å². The molecule has 0 aliphatic carbocycles. The molecule has 3 amide bonds. The van der Waals surface area contributed by atoms with Crippen LogP contribution >= 0.6 is 0 Å². The first-order chi connectivity index (χ1) is 23.5. The van der Waals surface area contributed by atoms with Gasteiger partial charge in [-0.15, -0.1) is 0 Å². The summed E-state index contributed by atoms with van der Waals surface area (Å²) in [7, 11) is -3.68. The number of nitrogens with one attached hydrogen (secondary N) is 3. The highest BCUT2D eigenvalue weighted by molar-refractivity contribution is 7.89. The van der Waals surface area contributed by atoms with E-state index in [2.05, 4.69) is 15.4 Å². The van der Waals surface area contributed by atoms with E-state index in [9.17, 15) is 22.8 Å². The van der Waals surface area contributed by atoms with Gasteiger partial charge in [-0.1, -0.05) is 97.9 Å². The van der Waals surface area contributed by atoms with Crippen LogP contribution in [0, 0.1) is 0 Å². The van der Waals surface area contributed by atoms with Crippen molar-refractivity contribution in [2.75, 3.05) is 11.4 Å². The van der Waals surface area contributed by atoms with Crippen LogP contribution in [0.1, 0.15) is 50.3 Å². The number of amides is 3. The summed E-state index contributed by atoms with van der Waals surface area (Å²) in [4.78, 5) is 41.7. The number of aryl methyl sites for hydroxylation is 1. The summed E-state index contributed by atoms with van der Waals surface area (Å²) in [5, 5.41) is 5.68. The molecule has 1 heterocycles. The van der Waals surface area contributed by atoms with Gasteiger partial charge in [0.15, 0.2) is 0 Å². The van der Waals surface area contributed by atoms with Crippen LogP contribution in [0.15, 0.2) is 108 Å². The van der Waals surface area contributed by atoms with Crippen molar-refractivity contribution in [2.45, 2.75) is 69.7 Å². The van der Waals surface area contributed by atoms with Crippen LogP contribution in [-0.4, -0.2) is 44.5 Å². The molecule has 4 aromatic carbocycles. The highest BCUT2D eigenvalue weighted by atomic mass is 32.2. The Morgan fingerprint density at radius 1 is 0.878 bits per heavy atom. The zero-order valence-electron chi connectivity index (χ0n) is 27.9. The van der Waals surface area contributed by atoms with Crippen molar-refractivity contribution < 1.29 is 27.5 Å². The quantitative estimate of drug-likeness (QED) is 0.175. The number of rotatable bonds is 12. The van der Waals surface area contributed by atoms with Gasteiger partial charge in [0.25, 0.3) is 0 Å². The number of anilines is 1. The number of carbonyl (C=O) groups excluding carboxylic acids is 3. The minimum absolute atomic E-state index is 0.0589. The summed E-state index contributed by atoms with van der Waals surface area (Å²) in [5.74, 6) is -0.606. The highest BCUT2D eigenvalue weighted by Crippen LogP contribution is 2.31. The van der Waals surface area contributed by atoms with E-state index >= 15 is 0 Å². The maximum absolute atomic E-state index is 14.1. The molecule has 1 aliphatic heterocycles. The standard InChI is InChI=1S/C38H42N4O6S/c1-4-39-49(46,47)34-17-11-9-15-31(34)29-20-18-27(19-21-29)25-42-33-16-10-8-14-30(33)22-23-32(36(42)44)40-35(43)24-38(2,3)41-37(45)48-26-28-12-6-5-7-13-28/h5-21,32,39H,4,22-26H2,1-3H3,(H,40,43)(H,41,45)/t32-/m1/s1. The molecule has 0 aromatic heterocycles. The van der Waals surface area contributed by atoms with Crippen molar-refractivity contribution in [1.82, 2.24) is 15.4 Å². The Morgan fingerprint density at radius 3 is 2.29 bits per heavy atom. The molecule has 1 aliphatic rings. The fourth-order valence-electron chi connectivity index (χ4n) is 5.92. The minimum Gasteiger partial charge on any atom is -0.445 e. The van der Waals surface area contributed by atoms with Gasteiger partial charge >= 0.3 is 6.09 Å². The summed E-state index contributed by atoms with van der Waals surface area (Å²) < 4.78 is 33.6. The van der Waals surface area contributed by atoms with E-state index in [0.29, 0.717) is 18.4 Å². The molecular formula is C38H42N4O6S. The maximum Gasteiger partial charge on any atom is 0.407 e. The first-order valence-electron chi connectivity index (χ1n) is 16.3. The molecular weight excluding hydrogens is 641 g/mol. The van der Waals surface area contributed by atoms with Crippen molar-refractivity contribution in [3.63, 3.8) is 0 Å². The average Bonchev–Trinajstić information content (AvgIpc) is 3.20. The van der Waals surface area contributed by atoms with Crippen LogP contribution in [-0.2, 0) is 43.9 Å². The van der Waals surface area contributed by atoms with Gasteiger partial charge in [-0.2, -0.15) is 0 Å². The Morgan fingerprint density at radius 2 is 1.55 bits per heavy atom. The molecule has 0 unspecified atom stereocenters. The fourth-order valence-corrected chi connectivity index (χ4v) is 7.19. The average molecular weight is 683 g/mol. The zero-order valence-corrected chi connectivity index (χ0v) is 28.8. The number of para-hydroxylation sites is 1. The number of sulfonamides is 1. The number of alkyl carbamates (subject to hydrolysis) is 1. The van der Waals surface area contributed by atoms with Crippen molar-refractivity contribution in [1.29, 1.82) is 0 Å². The zero-order chi connectivity index (χ0) is 35.0. The number of benzene rings is 4. The fraction of sp³-hybridized carbons (Fsp3) is 0.289. The summed E-state index contributed by atoms with van der Waals surface area (Å²) in [6.07, 6.45) is 0.312. The molecule has 0 bridgehead atoms. The number of hydrogen-bond donors (Lipinski definition) is 3. The number of nitrogens with zero attached hydrogens (tertiary/aromatic N) is 1. The smallest absolute Gasteiger partial charge is 0.407 e. The molecule has 4 aromatic rings. The predicted molar refractivity (Wildman–Crippen MR) is 189 cm³/mol. The summed E-state index contributed by atoms with van der Waals surface area (Å²) >= 11 is 0. The normalized spacial score (nSPS) is 14.8. The first kappa shape index (κ1) is 35.3. The Kier molecular flexibility index (Phi) is 11.2. The Hall–Kier alpha value is -5.00. The van der Waals surface area contributed by atoms with Gasteiger partial charge < -0.3 is 20.3 Å². The van der Waals surface area contributed by atoms with E-state index in [1.807, 2.05) is 78.9 Å². The molecule has 3 N–H and O–H groups in total. The van der Waals surface area contributed by atoms with E-state index in [-0.39, 0.29) is 42.8 Å². The number of hydrogen-bond acceptors (Lipinski definition) is 6. The second kappa shape index (κ2) is 15.5. The summed E-state index contributed by atoms with van der Waals surface area (Å²) in [6, 6.07) is 30.5. The van der Waals surface area contributed by atoms with Crippen molar-refractivity contribution in [3.8, 4) is 11.1 Å². The Labute approximate surface area is 287 Å². The van der Waals surface area contributed by atoms with Crippen molar-refractivity contribution in [2.24, 2.45) is 0 Å². The number of fused-ring (bicyclic) bond motifs is 1. The molecule has 0 saturated heterocycles. The molecule has 11 heteroatoms. The second-order valence-electron chi connectivity index (χ2n) is 12.7. The summed E-state index contributed by atoms with van der Waals surface area (Å²) in [5.41, 5.74) is 3.84. The van der Waals surface area contributed by atoms with E-state index in [4.69, 9.17) is 4.74 Å². The molecule has 1 atom stereocenters. The van der Waals surface area contributed by atoms with Crippen LogP contribution in [0.2, 0.25) is 0 Å². The Balaban J connectivity index is 1.27. The predicted octanol–water partition coefficient (Wildman–Crippen LogP) is 5.71. The maximum atomic E-state index is 14.1. The van der Waals surface area contributed by atoms with Crippen LogP contribution in [0.4, 0.5) is 10.5 Å². The van der Waals surface area contributed by atoms with Gasteiger partial charge in [-0.25, -0.2) is 17.9 Å². The van der Waals surface area contributed by atoms with Gasteiger partial charge in [0.2, 0.25) is 21.8 Å². The number of carbonyl (C=O) groups is 3. The van der Waals surface area contributed by atoms with Crippen LogP contribution in [0.5, 0.6) is 0 Å². The SMILES string of the molecule is CCNS(=O)(=O)c1ccccc1-c1ccc(CN2C(=O)[C@H](NC(=O)CC(C)(C)NC(=O)OCc3ccccc3)CCc3ccccc32)cc1. The van der Waals surface area contributed by atoms with Gasteiger partial charge in [-0.05, 0) is 61.1 Å². The second-order valence-corrected chi connectivity index (χ2v) is 14.4. The molecule has 49 heavy (non-hydrogen) atoms. The summed E-state index contributed by atoms with van der Waals surface area (Å²) in [6.45, 7) is 5.83. The first-order valence-corrected chi connectivity index (χ1v) is 17.8. The molecule has 10 nitrogen and oxygen atoms in total. The molecule has 5 rings (SSSR count). The lowest BCUT2D eigenvalue weighted by Gasteiger charge is -2.28. The van der Waals surface area contributed by atoms with Crippen molar-refractivity contribution in [3.05, 3.63) is 120 Å². The largest absolute Gasteiger partial charge is 0.445 e. The van der Waals surface area contributed by atoms with Crippen molar-refractivity contribution >= 4 is 33.6 Å². The third kappa shape index (κ3) is 9.13. The van der Waals surface area contributed by atoms with Gasteiger partial charge in [0.05, 0.1) is 11.4 Å². The van der Waals surface area contributed by atoms with Gasteiger partial charge in [-0.3, -0.25) is 9.59 Å². The molecule has 256 valence electrons. The molecule has 0 fully saturated rings. The molecule has 0 saturated carbocycles. The van der Waals surface area contributed by atoms with E-state index in [1.54, 1.807) is 49.9 Å². The third-order valence-corrected chi connectivity index (χ3v) is 9.86. The minimum atomic E-state index is -3.68. The van der Waals surface area contributed by atoms with E-state index < -0.39 is 27.7 Å². The molecule has 0 radical (unpaired) electrons. The lowest BCUT2D eigenvalue weighted by Crippen LogP contribution is -2.51.